The summed E-state index contributed by atoms with van der Waals surface area (Å²) in [5.74, 6) is 0.635. The van der Waals surface area contributed by atoms with Gasteiger partial charge in [0, 0.05) is 10.0 Å². The van der Waals surface area contributed by atoms with Gasteiger partial charge in [0.05, 0.1) is 0 Å². The Balaban J connectivity index is 1.82. The molecule has 0 atom stereocenters. The van der Waals surface area contributed by atoms with Crippen molar-refractivity contribution in [3.63, 3.8) is 0 Å². The molecule has 2 N–H and O–H groups in total. The van der Waals surface area contributed by atoms with E-state index in [0.717, 1.165) is 15.6 Å². The average Bonchev–Trinajstić information content (AvgIpc) is 2.69. The van der Waals surface area contributed by atoms with Gasteiger partial charge in [-0.15, -0.1) is 0 Å². The Bertz CT molecular complexity index is 891. The normalized spacial score (nSPS) is 11.2. The molecule has 0 unspecified atom stereocenters. The molecule has 0 aliphatic heterocycles. The molecule has 7 heteroatoms. The third-order valence-corrected chi connectivity index (χ3v) is 4.84. The number of rotatable bonds is 7. The molecule has 2 rings (SSSR count). The van der Waals surface area contributed by atoms with Crippen molar-refractivity contribution in [2.45, 2.75) is 46.0 Å². The monoisotopic (exact) mass is 476 g/mol. The Morgan fingerprint density at radius 1 is 0.933 bits per heavy atom. The highest BCUT2D eigenvalue weighted by molar-refractivity contribution is 9.10. The third kappa shape index (κ3) is 7.06. The first kappa shape index (κ1) is 23.7. The highest BCUT2D eigenvalue weighted by Gasteiger charge is 2.20. The topological polar surface area (TPSA) is 76.7 Å². The van der Waals surface area contributed by atoms with Gasteiger partial charge in [-0.3, -0.25) is 20.4 Å². The van der Waals surface area contributed by atoms with E-state index in [1.165, 1.54) is 0 Å². The lowest BCUT2D eigenvalue weighted by molar-refractivity contribution is -0.131. The van der Waals surface area contributed by atoms with Crippen molar-refractivity contribution >= 4 is 27.7 Å². The zero-order valence-corrected chi connectivity index (χ0v) is 19.6. The molecule has 2 aromatic rings. The van der Waals surface area contributed by atoms with Crippen molar-refractivity contribution in [2.75, 3.05) is 13.2 Å². The van der Waals surface area contributed by atoms with Gasteiger partial charge in [-0.05, 0) is 41.2 Å². The Kier molecular flexibility index (Phi) is 8.29. The molecule has 0 aliphatic carbocycles. The second-order valence-corrected chi connectivity index (χ2v) is 9.17. The number of ether oxygens (including phenoxy) is 2. The minimum atomic E-state index is -0.464. The van der Waals surface area contributed by atoms with Gasteiger partial charge in [-0.2, -0.15) is 0 Å². The summed E-state index contributed by atoms with van der Waals surface area (Å²) < 4.78 is 12.2. The average molecular weight is 477 g/mol. The van der Waals surface area contributed by atoms with Crippen LogP contribution < -0.4 is 20.3 Å². The maximum Gasteiger partial charge on any atom is 0.276 e. The van der Waals surface area contributed by atoms with E-state index in [-0.39, 0.29) is 24.5 Å². The molecule has 2 amide bonds. The molecule has 162 valence electrons. The molecule has 30 heavy (non-hydrogen) atoms. The van der Waals surface area contributed by atoms with E-state index in [4.69, 9.17) is 9.47 Å². The van der Waals surface area contributed by atoms with Crippen molar-refractivity contribution in [2.24, 2.45) is 0 Å². The Morgan fingerprint density at radius 3 is 2.07 bits per heavy atom. The molecule has 0 radical (unpaired) electrons. The van der Waals surface area contributed by atoms with Crippen LogP contribution in [0.5, 0.6) is 11.5 Å². The van der Waals surface area contributed by atoms with Crippen molar-refractivity contribution in [1.82, 2.24) is 10.9 Å². The van der Waals surface area contributed by atoms with Gasteiger partial charge in [0.2, 0.25) is 0 Å². The molecule has 0 aromatic heterocycles. The van der Waals surface area contributed by atoms with Crippen LogP contribution >= 0.6 is 15.9 Å². The van der Waals surface area contributed by atoms with E-state index in [1.54, 1.807) is 0 Å². The Labute approximate surface area is 186 Å². The van der Waals surface area contributed by atoms with Gasteiger partial charge < -0.3 is 9.47 Å². The van der Waals surface area contributed by atoms with Gasteiger partial charge in [0.1, 0.15) is 11.5 Å². The van der Waals surface area contributed by atoms with Crippen molar-refractivity contribution in [3.05, 3.63) is 58.1 Å². The SMILES string of the molecule is CC(C)c1ccccc1OCC(=O)NNC(=O)COc1ccc(Br)cc1C(C)(C)C. The third-order valence-electron chi connectivity index (χ3n) is 4.35. The highest BCUT2D eigenvalue weighted by Crippen LogP contribution is 2.33. The number of amides is 2. The molecule has 6 nitrogen and oxygen atoms in total. The van der Waals surface area contributed by atoms with Crippen LogP contribution in [0, 0.1) is 0 Å². The number of halogens is 1. The van der Waals surface area contributed by atoms with E-state index < -0.39 is 11.8 Å². The summed E-state index contributed by atoms with van der Waals surface area (Å²) in [6.07, 6.45) is 0. The number of hydrogen-bond donors (Lipinski definition) is 2. The zero-order valence-electron chi connectivity index (χ0n) is 18.0. The fourth-order valence-corrected chi connectivity index (χ4v) is 3.16. The summed E-state index contributed by atoms with van der Waals surface area (Å²) in [6.45, 7) is 9.89. The largest absolute Gasteiger partial charge is 0.483 e. The van der Waals surface area contributed by atoms with Crippen LogP contribution in [0.3, 0.4) is 0 Å². The minimum Gasteiger partial charge on any atom is -0.483 e. The van der Waals surface area contributed by atoms with Crippen LogP contribution in [0.1, 0.15) is 51.7 Å². The molecular weight excluding hydrogens is 448 g/mol. The number of benzene rings is 2. The summed E-state index contributed by atoms with van der Waals surface area (Å²) in [6, 6.07) is 13.2. The van der Waals surface area contributed by atoms with Crippen LogP contribution in [0.2, 0.25) is 0 Å². The first-order valence-corrected chi connectivity index (χ1v) is 10.6. The smallest absolute Gasteiger partial charge is 0.276 e. The molecule has 0 saturated heterocycles. The van der Waals surface area contributed by atoms with E-state index in [0.29, 0.717) is 11.5 Å². The number of carbonyl (C=O) groups is 2. The first-order valence-electron chi connectivity index (χ1n) is 9.80. The molecule has 0 spiro atoms. The van der Waals surface area contributed by atoms with Crippen LogP contribution in [-0.4, -0.2) is 25.0 Å². The van der Waals surface area contributed by atoms with Crippen LogP contribution in [0.25, 0.3) is 0 Å². The molecule has 0 saturated carbocycles. The van der Waals surface area contributed by atoms with Gasteiger partial charge in [-0.1, -0.05) is 68.7 Å². The number of para-hydroxylation sites is 1. The van der Waals surface area contributed by atoms with Crippen LogP contribution in [0.15, 0.2) is 46.9 Å². The van der Waals surface area contributed by atoms with Crippen LogP contribution in [0.4, 0.5) is 0 Å². The molecule has 2 aromatic carbocycles. The Hall–Kier alpha value is -2.54. The molecule has 0 fully saturated rings. The lowest BCUT2D eigenvalue weighted by Crippen LogP contribution is -2.45. The van der Waals surface area contributed by atoms with E-state index in [9.17, 15) is 9.59 Å². The van der Waals surface area contributed by atoms with Crippen molar-refractivity contribution < 1.29 is 19.1 Å². The summed E-state index contributed by atoms with van der Waals surface area (Å²) in [5.41, 5.74) is 6.54. The van der Waals surface area contributed by atoms with Gasteiger partial charge in [-0.25, -0.2) is 0 Å². The second kappa shape index (κ2) is 10.5. The molecule has 0 bridgehead atoms. The predicted octanol–water partition coefficient (Wildman–Crippen LogP) is 4.48. The Morgan fingerprint density at radius 2 is 1.50 bits per heavy atom. The van der Waals surface area contributed by atoms with Crippen LogP contribution in [-0.2, 0) is 15.0 Å². The number of nitrogens with one attached hydrogen (secondary N) is 2. The molecule has 0 heterocycles. The van der Waals surface area contributed by atoms with E-state index in [2.05, 4.69) is 61.4 Å². The number of hydrogen-bond acceptors (Lipinski definition) is 4. The van der Waals surface area contributed by atoms with Crippen molar-refractivity contribution in [3.8, 4) is 11.5 Å². The second-order valence-electron chi connectivity index (χ2n) is 8.26. The van der Waals surface area contributed by atoms with Crippen molar-refractivity contribution in [1.29, 1.82) is 0 Å². The summed E-state index contributed by atoms with van der Waals surface area (Å²) in [4.78, 5) is 24.1. The van der Waals surface area contributed by atoms with E-state index in [1.807, 2.05) is 42.5 Å². The summed E-state index contributed by atoms with van der Waals surface area (Å²) in [5, 5.41) is 0. The van der Waals surface area contributed by atoms with Gasteiger partial charge in [0.15, 0.2) is 13.2 Å². The quantitative estimate of drug-likeness (QED) is 0.577. The van der Waals surface area contributed by atoms with Gasteiger partial charge in [0.25, 0.3) is 11.8 Å². The maximum absolute atomic E-state index is 12.1. The minimum absolute atomic E-state index is 0.145. The highest BCUT2D eigenvalue weighted by atomic mass is 79.9. The number of hydrazine groups is 1. The summed E-state index contributed by atoms with van der Waals surface area (Å²) >= 11 is 3.46. The first-order chi connectivity index (χ1) is 14.1. The lowest BCUT2D eigenvalue weighted by Gasteiger charge is -2.23. The fraction of sp³-hybridized carbons (Fsp3) is 0.391. The number of carbonyl (C=O) groups excluding carboxylic acids is 2. The standard InChI is InChI=1S/C23H29BrN2O4/c1-15(2)17-8-6-7-9-19(17)29-13-21(27)25-26-22(28)14-30-20-11-10-16(24)12-18(20)23(3,4)5/h6-12,15H,13-14H2,1-5H3,(H,25,27)(H,26,28). The van der Waals surface area contributed by atoms with Gasteiger partial charge >= 0.3 is 0 Å². The lowest BCUT2D eigenvalue weighted by atomic mass is 9.86. The molecular formula is C23H29BrN2O4. The molecule has 0 aliphatic rings. The zero-order chi connectivity index (χ0) is 22.3. The fourth-order valence-electron chi connectivity index (χ4n) is 2.80. The van der Waals surface area contributed by atoms with E-state index >= 15 is 0 Å². The predicted molar refractivity (Wildman–Crippen MR) is 121 cm³/mol. The summed E-state index contributed by atoms with van der Waals surface area (Å²) in [7, 11) is 0. The maximum atomic E-state index is 12.1.